The molecule has 1 fully saturated rings. The highest BCUT2D eigenvalue weighted by molar-refractivity contribution is 5.94. The SMILES string of the molecule is NCc1cccc(C(=O)N(CCO)C2CCCC2)c1. The number of hydrogen-bond donors (Lipinski definition) is 2. The van der Waals surface area contributed by atoms with Crippen LogP contribution in [0.15, 0.2) is 24.3 Å². The zero-order valence-electron chi connectivity index (χ0n) is 11.2. The van der Waals surface area contributed by atoms with Gasteiger partial charge in [0.15, 0.2) is 0 Å². The van der Waals surface area contributed by atoms with Crippen molar-refractivity contribution in [2.75, 3.05) is 13.2 Å². The van der Waals surface area contributed by atoms with Crippen molar-refractivity contribution in [2.45, 2.75) is 38.3 Å². The second-order valence-corrected chi connectivity index (χ2v) is 5.06. The molecule has 0 aromatic heterocycles. The predicted molar refractivity (Wildman–Crippen MR) is 74.7 cm³/mol. The summed E-state index contributed by atoms with van der Waals surface area (Å²) in [7, 11) is 0. The molecule has 19 heavy (non-hydrogen) atoms. The number of nitrogens with two attached hydrogens (primary N) is 1. The summed E-state index contributed by atoms with van der Waals surface area (Å²) in [5.74, 6) is 0.0104. The highest BCUT2D eigenvalue weighted by Gasteiger charge is 2.26. The van der Waals surface area contributed by atoms with Crippen LogP contribution in [0.2, 0.25) is 0 Å². The Hall–Kier alpha value is -1.39. The summed E-state index contributed by atoms with van der Waals surface area (Å²) in [5, 5.41) is 9.18. The van der Waals surface area contributed by atoms with Gasteiger partial charge >= 0.3 is 0 Å². The van der Waals surface area contributed by atoms with Crippen LogP contribution in [0.4, 0.5) is 0 Å². The van der Waals surface area contributed by atoms with E-state index in [4.69, 9.17) is 5.73 Å². The molecular weight excluding hydrogens is 240 g/mol. The summed E-state index contributed by atoms with van der Waals surface area (Å²) in [5.41, 5.74) is 7.24. The maximum absolute atomic E-state index is 12.6. The second-order valence-electron chi connectivity index (χ2n) is 5.06. The molecule has 0 saturated heterocycles. The van der Waals surface area contributed by atoms with Crippen LogP contribution in [0.25, 0.3) is 0 Å². The van der Waals surface area contributed by atoms with Gasteiger partial charge in [0.05, 0.1) is 6.61 Å². The molecule has 1 saturated carbocycles. The van der Waals surface area contributed by atoms with E-state index in [0.29, 0.717) is 18.7 Å². The minimum absolute atomic E-state index is 0.0104. The Labute approximate surface area is 114 Å². The first kappa shape index (κ1) is 14.0. The topological polar surface area (TPSA) is 66.6 Å². The minimum atomic E-state index is 0.0104. The minimum Gasteiger partial charge on any atom is -0.395 e. The molecule has 1 aromatic rings. The zero-order chi connectivity index (χ0) is 13.7. The summed E-state index contributed by atoms with van der Waals surface area (Å²) < 4.78 is 0. The Balaban J connectivity index is 2.17. The Bertz CT molecular complexity index is 428. The van der Waals surface area contributed by atoms with Crippen LogP contribution in [-0.2, 0) is 6.54 Å². The van der Waals surface area contributed by atoms with Gasteiger partial charge in [0.2, 0.25) is 0 Å². The second kappa shape index (κ2) is 6.68. The van der Waals surface area contributed by atoms with E-state index in [-0.39, 0.29) is 18.6 Å². The smallest absolute Gasteiger partial charge is 0.254 e. The predicted octanol–water partition coefficient (Wildman–Crippen LogP) is 1.52. The van der Waals surface area contributed by atoms with E-state index in [0.717, 1.165) is 18.4 Å². The number of nitrogens with zero attached hydrogens (tertiary/aromatic N) is 1. The molecular formula is C15H22N2O2. The third-order valence-corrected chi connectivity index (χ3v) is 3.78. The standard InChI is InChI=1S/C15H22N2O2/c16-11-12-4-3-5-13(10-12)15(19)17(8-9-18)14-6-1-2-7-14/h3-5,10,14,18H,1-2,6-9,11,16H2. The van der Waals surface area contributed by atoms with Crippen molar-refractivity contribution in [1.29, 1.82) is 0 Å². The maximum Gasteiger partial charge on any atom is 0.254 e. The molecule has 0 aliphatic heterocycles. The monoisotopic (exact) mass is 262 g/mol. The van der Waals surface area contributed by atoms with E-state index in [1.54, 1.807) is 0 Å². The number of aliphatic hydroxyl groups is 1. The molecule has 0 heterocycles. The number of hydrogen-bond acceptors (Lipinski definition) is 3. The first-order valence-corrected chi connectivity index (χ1v) is 6.97. The average molecular weight is 262 g/mol. The van der Waals surface area contributed by atoms with E-state index >= 15 is 0 Å². The fourth-order valence-electron chi connectivity index (χ4n) is 2.77. The first-order valence-electron chi connectivity index (χ1n) is 6.97. The van der Waals surface area contributed by atoms with Crippen LogP contribution in [0.1, 0.15) is 41.6 Å². The van der Waals surface area contributed by atoms with Crippen LogP contribution < -0.4 is 5.73 Å². The van der Waals surface area contributed by atoms with E-state index in [2.05, 4.69) is 0 Å². The Morgan fingerprint density at radius 2 is 2.11 bits per heavy atom. The summed E-state index contributed by atoms with van der Waals surface area (Å²) in [4.78, 5) is 14.4. The number of carbonyl (C=O) groups is 1. The summed E-state index contributed by atoms with van der Waals surface area (Å²) in [6.07, 6.45) is 4.43. The van der Waals surface area contributed by atoms with Crippen LogP contribution in [0, 0.1) is 0 Å². The number of carbonyl (C=O) groups excluding carboxylic acids is 1. The van der Waals surface area contributed by atoms with Crippen molar-refractivity contribution < 1.29 is 9.90 Å². The van der Waals surface area contributed by atoms with Gasteiger partial charge in [0.1, 0.15) is 0 Å². The van der Waals surface area contributed by atoms with Gasteiger partial charge in [-0.1, -0.05) is 25.0 Å². The van der Waals surface area contributed by atoms with Gasteiger partial charge in [0.25, 0.3) is 5.91 Å². The van der Waals surface area contributed by atoms with E-state index < -0.39 is 0 Å². The zero-order valence-corrected chi connectivity index (χ0v) is 11.2. The molecule has 4 heteroatoms. The number of rotatable bonds is 5. The van der Waals surface area contributed by atoms with Gasteiger partial charge in [-0.05, 0) is 30.5 Å². The molecule has 1 aromatic carbocycles. The lowest BCUT2D eigenvalue weighted by Gasteiger charge is -2.28. The van der Waals surface area contributed by atoms with Gasteiger partial charge in [-0.3, -0.25) is 4.79 Å². The van der Waals surface area contributed by atoms with Crippen molar-refractivity contribution in [3.05, 3.63) is 35.4 Å². The molecule has 0 bridgehead atoms. The van der Waals surface area contributed by atoms with Crippen LogP contribution in [-0.4, -0.2) is 35.1 Å². The molecule has 104 valence electrons. The summed E-state index contributed by atoms with van der Waals surface area (Å²) in [6, 6.07) is 7.73. The third-order valence-electron chi connectivity index (χ3n) is 3.78. The lowest BCUT2D eigenvalue weighted by molar-refractivity contribution is 0.0638. The highest BCUT2D eigenvalue weighted by atomic mass is 16.3. The molecule has 3 N–H and O–H groups in total. The molecule has 0 atom stereocenters. The van der Waals surface area contributed by atoms with E-state index in [1.807, 2.05) is 29.2 Å². The van der Waals surface area contributed by atoms with Crippen LogP contribution in [0.3, 0.4) is 0 Å². The summed E-state index contributed by atoms with van der Waals surface area (Å²) in [6.45, 7) is 0.861. The first-order chi connectivity index (χ1) is 9.26. The quantitative estimate of drug-likeness (QED) is 0.845. The third kappa shape index (κ3) is 3.33. The Morgan fingerprint density at radius 1 is 1.37 bits per heavy atom. The van der Waals surface area contributed by atoms with Crippen molar-refractivity contribution in [2.24, 2.45) is 5.73 Å². The molecule has 2 rings (SSSR count). The van der Waals surface area contributed by atoms with Crippen molar-refractivity contribution in [3.63, 3.8) is 0 Å². The van der Waals surface area contributed by atoms with Crippen LogP contribution >= 0.6 is 0 Å². The van der Waals surface area contributed by atoms with Gasteiger partial charge in [0, 0.05) is 24.7 Å². The molecule has 1 aliphatic rings. The Kier molecular flexibility index (Phi) is 4.93. The van der Waals surface area contributed by atoms with Crippen molar-refractivity contribution in [1.82, 2.24) is 4.90 Å². The van der Waals surface area contributed by atoms with Gasteiger partial charge in [-0.2, -0.15) is 0 Å². The fourth-order valence-corrected chi connectivity index (χ4v) is 2.77. The number of aliphatic hydroxyl groups excluding tert-OH is 1. The molecule has 4 nitrogen and oxygen atoms in total. The maximum atomic E-state index is 12.6. The highest BCUT2D eigenvalue weighted by Crippen LogP contribution is 2.24. The van der Waals surface area contributed by atoms with Crippen LogP contribution in [0.5, 0.6) is 0 Å². The van der Waals surface area contributed by atoms with Crippen molar-refractivity contribution in [3.8, 4) is 0 Å². The van der Waals surface area contributed by atoms with Crippen molar-refractivity contribution >= 4 is 5.91 Å². The van der Waals surface area contributed by atoms with Gasteiger partial charge in [-0.25, -0.2) is 0 Å². The Morgan fingerprint density at radius 3 is 2.74 bits per heavy atom. The number of amides is 1. The fraction of sp³-hybridized carbons (Fsp3) is 0.533. The largest absolute Gasteiger partial charge is 0.395 e. The summed E-state index contributed by atoms with van der Waals surface area (Å²) >= 11 is 0. The number of benzene rings is 1. The van der Waals surface area contributed by atoms with Gasteiger partial charge < -0.3 is 15.7 Å². The van der Waals surface area contributed by atoms with E-state index in [1.165, 1.54) is 12.8 Å². The molecule has 0 unspecified atom stereocenters. The molecule has 0 spiro atoms. The normalized spacial score (nSPS) is 15.7. The van der Waals surface area contributed by atoms with Gasteiger partial charge in [-0.15, -0.1) is 0 Å². The average Bonchev–Trinajstić information content (AvgIpc) is 2.98. The molecule has 1 amide bonds. The molecule has 0 radical (unpaired) electrons. The molecule has 1 aliphatic carbocycles. The lowest BCUT2D eigenvalue weighted by atomic mass is 10.1. The van der Waals surface area contributed by atoms with E-state index in [9.17, 15) is 9.90 Å². The lowest BCUT2D eigenvalue weighted by Crippen LogP contribution is -2.40.